The minimum Gasteiger partial charge on any atom is -0.481 e. The molecule has 1 fully saturated rings. The van der Waals surface area contributed by atoms with Gasteiger partial charge >= 0.3 is 12.0 Å². The summed E-state index contributed by atoms with van der Waals surface area (Å²) in [7, 11) is 0. The largest absolute Gasteiger partial charge is 0.481 e. The lowest BCUT2D eigenvalue weighted by atomic mass is 10.0. The number of hydrogen-bond donors (Lipinski definition) is 2. The van der Waals surface area contributed by atoms with Crippen LogP contribution in [0.5, 0.6) is 0 Å². The van der Waals surface area contributed by atoms with Crippen LogP contribution < -0.4 is 5.32 Å². The number of piperidine rings is 1. The van der Waals surface area contributed by atoms with Crippen molar-refractivity contribution in [2.75, 3.05) is 19.6 Å². The molecular weight excluding hydrogens is 287 g/mol. The Morgan fingerprint density at radius 2 is 1.95 bits per heavy atom. The Hall–Kier alpha value is -2.37. The minimum absolute atomic E-state index is 0.0853. The van der Waals surface area contributed by atoms with Crippen molar-refractivity contribution in [3.8, 4) is 0 Å². The number of nitrogens with zero attached hydrogens (tertiary/aromatic N) is 1. The van der Waals surface area contributed by atoms with Gasteiger partial charge < -0.3 is 15.3 Å². The van der Waals surface area contributed by atoms with Crippen LogP contribution in [0.3, 0.4) is 0 Å². The molecule has 1 aliphatic heterocycles. The third-order valence-corrected chi connectivity index (χ3v) is 3.57. The van der Waals surface area contributed by atoms with Crippen LogP contribution in [0.25, 0.3) is 6.08 Å². The van der Waals surface area contributed by atoms with Gasteiger partial charge in [0.25, 0.3) is 0 Å². The fourth-order valence-electron chi connectivity index (χ4n) is 2.34. The molecule has 0 atom stereocenters. The molecule has 118 valence electrons. The maximum Gasteiger partial charge on any atom is 0.317 e. The first kappa shape index (κ1) is 16.0. The molecule has 0 spiro atoms. The number of rotatable bonds is 4. The Kier molecular flexibility index (Phi) is 5.52. The van der Waals surface area contributed by atoms with Gasteiger partial charge in [0, 0.05) is 25.2 Å². The Morgan fingerprint density at radius 1 is 1.27 bits per heavy atom. The maximum absolute atomic E-state index is 13.6. The van der Waals surface area contributed by atoms with E-state index < -0.39 is 5.97 Å². The topological polar surface area (TPSA) is 69.6 Å². The van der Waals surface area contributed by atoms with E-state index in [2.05, 4.69) is 5.32 Å². The molecule has 0 radical (unpaired) electrons. The zero-order valence-corrected chi connectivity index (χ0v) is 12.2. The Morgan fingerprint density at radius 3 is 2.59 bits per heavy atom. The van der Waals surface area contributed by atoms with Crippen LogP contribution in [0.15, 0.2) is 29.8 Å². The van der Waals surface area contributed by atoms with Crippen molar-refractivity contribution < 1.29 is 19.1 Å². The van der Waals surface area contributed by atoms with Crippen LogP contribution in [0.4, 0.5) is 9.18 Å². The Labute approximate surface area is 128 Å². The van der Waals surface area contributed by atoms with Crippen molar-refractivity contribution in [1.29, 1.82) is 0 Å². The highest BCUT2D eigenvalue weighted by Crippen LogP contribution is 2.20. The molecule has 0 bridgehead atoms. The summed E-state index contributed by atoms with van der Waals surface area (Å²) in [5, 5.41) is 11.1. The Bertz CT molecular complexity index is 577. The molecule has 1 heterocycles. The molecule has 0 aliphatic carbocycles. The lowest BCUT2D eigenvalue weighted by molar-refractivity contribution is -0.136. The van der Waals surface area contributed by atoms with E-state index in [0.29, 0.717) is 31.5 Å². The highest BCUT2D eigenvalue weighted by atomic mass is 19.1. The maximum atomic E-state index is 13.6. The first-order valence-corrected chi connectivity index (χ1v) is 7.25. The van der Waals surface area contributed by atoms with E-state index in [1.807, 2.05) is 6.08 Å². The lowest BCUT2D eigenvalue weighted by Crippen LogP contribution is -2.43. The number of likely N-dealkylation sites (tertiary alicyclic amines) is 1. The van der Waals surface area contributed by atoms with E-state index in [1.54, 1.807) is 23.1 Å². The molecule has 22 heavy (non-hydrogen) atoms. The van der Waals surface area contributed by atoms with Crippen LogP contribution in [-0.4, -0.2) is 41.6 Å². The SMILES string of the molecule is O=C(O)CCNC(=O)N1CCC(=Cc2ccccc2F)CC1. The zero-order valence-electron chi connectivity index (χ0n) is 12.2. The molecule has 1 aliphatic rings. The summed E-state index contributed by atoms with van der Waals surface area (Å²) in [6.07, 6.45) is 3.15. The van der Waals surface area contributed by atoms with E-state index in [0.717, 1.165) is 5.57 Å². The van der Waals surface area contributed by atoms with E-state index in [9.17, 15) is 14.0 Å². The average molecular weight is 306 g/mol. The van der Waals surface area contributed by atoms with E-state index >= 15 is 0 Å². The third-order valence-electron chi connectivity index (χ3n) is 3.57. The molecule has 1 aromatic carbocycles. The monoisotopic (exact) mass is 306 g/mol. The number of nitrogens with one attached hydrogen (secondary N) is 1. The number of carbonyl (C=O) groups excluding carboxylic acids is 1. The number of benzene rings is 1. The summed E-state index contributed by atoms with van der Waals surface area (Å²) >= 11 is 0. The van der Waals surface area contributed by atoms with E-state index in [4.69, 9.17) is 5.11 Å². The van der Waals surface area contributed by atoms with Gasteiger partial charge in [0.1, 0.15) is 5.82 Å². The highest BCUT2D eigenvalue weighted by molar-refractivity contribution is 5.75. The van der Waals surface area contributed by atoms with Gasteiger partial charge in [0.2, 0.25) is 0 Å². The van der Waals surface area contributed by atoms with Crippen molar-refractivity contribution in [3.63, 3.8) is 0 Å². The smallest absolute Gasteiger partial charge is 0.317 e. The van der Waals surface area contributed by atoms with E-state index in [-0.39, 0.29) is 24.8 Å². The van der Waals surface area contributed by atoms with Gasteiger partial charge in [0.15, 0.2) is 0 Å². The molecule has 2 N–H and O–H groups in total. The molecular formula is C16H19FN2O3. The van der Waals surface area contributed by atoms with Crippen molar-refractivity contribution >= 4 is 18.1 Å². The van der Waals surface area contributed by atoms with Crippen molar-refractivity contribution in [2.45, 2.75) is 19.3 Å². The summed E-state index contributed by atoms with van der Waals surface area (Å²) in [5.74, 6) is -1.18. The molecule has 0 unspecified atom stereocenters. The average Bonchev–Trinajstić information content (AvgIpc) is 2.50. The molecule has 2 rings (SSSR count). The predicted molar refractivity (Wildman–Crippen MR) is 80.8 cm³/mol. The van der Waals surface area contributed by atoms with Crippen LogP contribution >= 0.6 is 0 Å². The highest BCUT2D eigenvalue weighted by Gasteiger charge is 2.18. The number of hydrogen-bond acceptors (Lipinski definition) is 2. The first-order valence-electron chi connectivity index (χ1n) is 7.25. The summed E-state index contributed by atoms with van der Waals surface area (Å²) in [4.78, 5) is 23.9. The third kappa shape index (κ3) is 4.58. The molecule has 0 aromatic heterocycles. The fraction of sp³-hybridized carbons (Fsp3) is 0.375. The number of amides is 2. The number of urea groups is 1. The molecule has 0 saturated carbocycles. The normalized spacial score (nSPS) is 14.6. The van der Waals surface area contributed by atoms with Crippen LogP contribution in [0.1, 0.15) is 24.8 Å². The number of aliphatic carboxylic acids is 1. The van der Waals surface area contributed by atoms with Gasteiger partial charge in [-0.15, -0.1) is 0 Å². The zero-order chi connectivity index (χ0) is 15.9. The molecule has 2 amide bonds. The van der Waals surface area contributed by atoms with Gasteiger partial charge in [-0.3, -0.25) is 4.79 Å². The molecule has 6 heteroatoms. The van der Waals surface area contributed by atoms with Gasteiger partial charge in [-0.1, -0.05) is 29.8 Å². The molecule has 5 nitrogen and oxygen atoms in total. The second kappa shape index (κ2) is 7.59. The predicted octanol–water partition coefficient (Wildman–Crippen LogP) is 2.49. The lowest BCUT2D eigenvalue weighted by Gasteiger charge is -2.28. The van der Waals surface area contributed by atoms with Crippen LogP contribution in [0.2, 0.25) is 0 Å². The second-order valence-electron chi connectivity index (χ2n) is 5.19. The Balaban J connectivity index is 1.84. The standard InChI is InChI=1S/C16H19FN2O3/c17-14-4-2-1-3-13(14)11-12-6-9-19(10-7-12)16(22)18-8-5-15(20)21/h1-4,11H,5-10H2,(H,18,22)(H,20,21). The quantitative estimate of drug-likeness (QED) is 0.898. The summed E-state index contributed by atoms with van der Waals surface area (Å²) in [5.41, 5.74) is 1.68. The van der Waals surface area contributed by atoms with Crippen molar-refractivity contribution in [1.82, 2.24) is 10.2 Å². The summed E-state index contributed by atoms with van der Waals surface area (Å²) < 4.78 is 13.6. The molecule has 1 aromatic rings. The van der Waals surface area contributed by atoms with Crippen molar-refractivity contribution in [2.24, 2.45) is 0 Å². The number of carboxylic acids is 1. The number of halogens is 1. The van der Waals surface area contributed by atoms with Gasteiger partial charge in [0.05, 0.1) is 6.42 Å². The first-order chi connectivity index (χ1) is 10.6. The van der Waals surface area contributed by atoms with Crippen LogP contribution in [0, 0.1) is 5.82 Å². The number of carbonyl (C=O) groups is 2. The van der Waals surface area contributed by atoms with Crippen molar-refractivity contribution in [3.05, 3.63) is 41.2 Å². The summed E-state index contributed by atoms with van der Waals surface area (Å²) in [6, 6.07) is 6.36. The fourth-order valence-corrected chi connectivity index (χ4v) is 2.34. The number of carboxylic acid groups (broad SMARTS) is 1. The van der Waals surface area contributed by atoms with Gasteiger partial charge in [-0.2, -0.15) is 0 Å². The summed E-state index contributed by atoms with van der Waals surface area (Å²) in [6.45, 7) is 1.24. The van der Waals surface area contributed by atoms with Gasteiger partial charge in [-0.25, -0.2) is 9.18 Å². The van der Waals surface area contributed by atoms with E-state index in [1.165, 1.54) is 6.07 Å². The van der Waals surface area contributed by atoms with Gasteiger partial charge in [-0.05, 0) is 18.9 Å². The van der Waals surface area contributed by atoms with Crippen LogP contribution in [-0.2, 0) is 4.79 Å². The molecule has 1 saturated heterocycles. The second-order valence-corrected chi connectivity index (χ2v) is 5.19. The minimum atomic E-state index is -0.936.